The van der Waals surface area contributed by atoms with Gasteiger partial charge >= 0.3 is 5.97 Å². The minimum Gasteiger partial charge on any atom is -0.467 e. The van der Waals surface area contributed by atoms with Gasteiger partial charge < -0.3 is 14.7 Å². The van der Waals surface area contributed by atoms with Crippen LogP contribution in [0.5, 0.6) is 0 Å². The number of likely N-dealkylation sites (tertiary alicyclic amines) is 1. The number of rotatable bonds is 2. The van der Waals surface area contributed by atoms with Crippen LogP contribution in [-0.4, -0.2) is 57.5 Å². The van der Waals surface area contributed by atoms with Crippen LogP contribution in [0.1, 0.15) is 16.8 Å². The van der Waals surface area contributed by atoms with Gasteiger partial charge in [0.15, 0.2) is 0 Å². The molecule has 0 aliphatic carbocycles. The van der Waals surface area contributed by atoms with Crippen LogP contribution in [-0.2, 0) is 16.6 Å². The summed E-state index contributed by atoms with van der Waals surface area (Å²) in [6.07, 6.45) is 2.51. The zero-order valence-electron chi connectivity index (χ0n) is 10.2. The number of aryl methyl sites for hydroxylation is 1. The zero-order valence-corrected chi connectivity index (χ0v) is 10.2. The first-order valence-electron chi connectivity index (χ1n) is 5.58. The molecule has 0 saturated carbocycles. The van der Waals surface area contributed by atoms with Crippen molar-refractivity contribution < 1.29 is 19.4 Å². The first-order chi connectivity index (χ1) is 8.52. The fourth-order valence-corrected chi connectivity index (χ4v) is 2.10. The van der Waals surface area contributed by atoms with Gasteiger partial charge in [-0.15, -0.1) is 0 Å². The summed E-state index contributed by atoms with van der Waals surface area (Å²) in [7, 11) is 2.97. The Balaban J connectivity index is 2.20. The lowest BCUT2D eigenvalue weighted by Crippen LogP contribution is -2.41. The summed E-state index contributed by atoms with van der Waals surface area (Å²) in [5, 5.41) is 13.5. The first-order valence-corrected chi connectivity index (χ1v) is 5.58. The number of aromatic nitrogens is 2. The van der Waals surface area contributed by atoms with Crippen molar-refractivity contribution in [2.45, 2.75) is 18.6 Å². The number of hydrogen-bond acceptors (Lipinski definition) is 5. The van der Waals surface area contributed by atoms with Crippen molar-refractivity contribution in [3.63, 3.8) is 0 Å². The number of amides is 1. The smallest absolute Gasteiger partial charge is 0.328 e. The molecule has 0 spiro atoms. The Kier molecular flexibility index (Phi) is 3.33. The second-order valence-electron chi connectivity index (χ2n) is 4.29. The molecule has 1 aromatic heterocycles. The summed E-state index contributed by atoms with van der Waals surface area (Å²) in [4.78, 5) is 25.1. The highest BCUT2D eigenvalue weighted by Gasteiger charge is 2.40. The standard InChI is InChI=1S/C11H15N3O4/c1-13-5-7(4-12-13)10(16)14-6-8(15)3-9(14)11(17)18-2/h4-5,8-9,15H,3,6H2,1-2H3. The topological polar surface area (TPSA) is 84.7 Å². The maximum atomic E-state index is 12.2. The summed E-state index contributed by atoms with van der Waals surface area (Å²) in [6, 6.07) is -0.724. The number of aliphatic hydroxyl groups excluding tert-OH is 1. The molecule has 2 unspecified atom stereocenters. The quantitative estimate of drug-likeness (QED) is 0.695. The summed E-state index contributed by atoms with van der Waals surface area (Å²) in [5.41, 5.74) is 0.389. The predicted octanol–water partition coefficient (Wildman–Crippen LogP) is -0.831. The summed E-state index contributed by atoms with van der Waals surface area (Å²) >= 11 is 0. The molecular formula is C11H15N3O4. The van der Waals surface area contributed by atoms with Crippen LogP contribution in [0.3, 0.4) is 0 Å². The molecule has 2 rings (SSSR count). The van der Waals surface area contributed by atoms with E-state index in [1.807, 2.05) is 0 Å². The van der Waals surface area contributed by atoms with Crippen molar-refractivity contribution in [1.29, 1.82) is 0 Å². The van der Waals surface area contributed by atoms with E-state index in [0.29, 0.717) is 5.56 Å². The van der Waals surface area contributed by atoms with Crippen LogP contribution in [0, 0.1) is 0 Å². The van der Waals surface area contributed by atoms with Crippen LogP contribution in [0.25, 0.3) is 0 Å². The van der Waals surface area contributed by atoms with Gasteiger partial charge in [0.05, 0.1) is 25.0 Å². The van der Waals surface area contributed by atoms with Crippen molar-refractivity contribution in [3.05, 3.63) is 18.0 Å². The Bertz CT molecular complexity index is 471. The SMILES string of the molecule is COC(=O)C1CC(O)CN1C(=O)c1cnn(C)c1. The predicted molar refractivity (Wildman–Crippen MR) is 60.7 cm³/mol. The van der Waals surface area contributed by atoms with Gasteiger partial charge in [-0.25, -0.2) is 4.79 Å². The average molecular weight is 253 g/mol. The maximum Gasteiger partial charge on any atom is 0.328 e. The molecule has 1 fully saturated rings. The molecule has 1 aromatic rings. The van der Waals surface area contributed by atoms with Crippen LogP contribution in [0.2, 0.25) is 0 Å². The van der Waals surface area contributed by atoms with E-state index in [1.165, 1.54) is 22.9 Å². The minimum absolute atomic E-state index is 0.132. The number of carbonyl (C=O) groups is 2. The molecule has 1 aliphatic rings. The number of esters is 1. The Morgan fingerprint density at radius 1 is 1.56 bits per heavy atom. The second-order valence-corrected chi connectivity index (χ2v) is 4.29. The normalized spacial score (nSPS) is 23.2. The number of nitrogens with zero attached hydrogens (tertiary/aromatic N) is 3. The molecular weight excluding hydrogens is 238 g/mol. The Hall–Kier alpha value is -1.89. The van der Waals surface area contributed by atoms with Crippen molar-refractivity contribution in [3.8, 4) is 0 Å². The minimum atomic E-state index is -0.724. The highest BCUT2D eigenvalue weighted by molar-refractivity contribution is 5.96. The van der Waals surface area contributed by atoms with Gasteiger partial charge in [-0.1, -0.05) is 0 Å². The fourth-order valence-electron chi connectivity index (χ4n) is 2.10. The van der Waals surface area contributed by atoms with Crippen molar-refractivity contribution in [2.75, 3.05) is 13.7 Å². The van der Waals surface area contributed by atoms with Crippen molar-refractivity contribution in [1.82, 2.24) is 14.7 Å². The van der Waals surface area contributed by atoms with Crippen molar-refractivity contribution >= 4 is 11.9 Å². The Labute approximate surface area is 104 Å². The lowest BCUT2D eigenvalue weighted by Gasteiger charge is -2.21. The molecule has 1 amide bonds. The van der Waals surface area contributed by atoms with E-state index in [2.05, 4.69) is 9.84 Å². The third kappa shape index (κ3) is 2.21. The second kappa shape index (κ2) is 4.77. The van der Waals surface area contributed by atoms with E-state index in [1.54, 1.807) is 13.2 Å². The Morgan fingerprint density at radius 2 is 2.28 bits per heavy atom. The monoisotopic (exact) mass is 253 g/mol. The molecule has 1 saturated heterocycles. The van der Waals surface area contributed by atoms with Gasteiger partial charge in [-0.3, -0.25) is 9.48 Å². The fraction of sp³-hybridized carbons (Fsp3) is 0.545. The number of ether oxygens (including phenoxy) is 1. The van der Waals surface area contributed by atoms with Gasteiger partial charge in [0.25, 0.3) is 5.91 Å². The molecule has 0 radical (unpaired) electrons. The molecule has 1 N–H and O–H groups in total. The summed E-state index contributed by atoms with van der Waals surface area (Å²) in [5.74, 6) is -0.834. The van der Waals surface area contributed by atoms with Crippen LogP contribution in [0.4, 0.5) is 0 Å². The molecule has 7 heteroatoms. The van der Waals surface area contributed by atoms with Gasteiger partial charge in [0, 0.05) is 26.2 Å². The highest BCUT2D eigenvalue weighted by Crippen LogP contribution is 2.21. The maximum absolute atomic E-state index is 12.2. The van der Waals surface area contributed by atoms with Gasteiger partial charge in [-0.2, -0.15) is 5.10 Å². The number of hydrogen-bond donors (Lipinski definition) is 1. The zero-order chi connectivity index (χ0) is 13.3. The molecule has 0 bridgehead atoms. The average Bonchev–Trinajstić information content (AvgIpc) is 2.93. The van der Waals surface area contributed by atoms with Gasteiger partial charge in [0.2, 0.25) is 0 Å². The van der Waals surface area contributed by atoms with Crippen LogP contribution < -0.4 is 0 Å². The molecule has 18 heavy (non-hydrogen) atoms. The lowest BCUT2D eigenvalue weighted by atomic mass is 10.2. The summed E-state index contributed by atoms with van der Waals surface area (Å²) in [6.45, 7) is 0.132. The van der Waals surface area contributed by atoms with Crippen molar-refractivity contribution in [2.24, 2.45) is 7.05 Å². The lowest BCUT2D eigenvalue weighted by molar-refractivity contribution is -0.145. The van der Waals surface area contributed by atoms with Crippen LogP contribution in [0.15, 0.2) is 12.4 Å². The first kappa shape index (κ1) is 12.6. The molecule has 98 valence electrons. The van der Waals surface area contributed by atoms with Gasteiger partial charge in [-0.05, 0) is 0 Å². The number of carbonyl (C=O) groups excluding carboxylic acids is 2. The number of aliphatic hydroxyl groups is 1. The van der Waals surface area contributed by atoms with E-state index in [-0.39, 0.29) is 18.9 Å². The summed E-state index contributed by atoms with van der Waals surface area (Å²) < 4.78 is 6.15. The molecule has 7 nitrogen and oxygen atoms in total. The van der Waals surface area contributed by atoms with E-state index in [0.717, 1.165) is 0 Å². The third-order valence-corrected chi connectivity index (χ3v) is 2.96. The van der Waals surface area contributed by atoms with E-state index >= 15 is 0 Å². The number of methoxy groups -OCH3 is 1. The number of β-amino-alcohol motifs (C(OH)–C–C–N with tert-alkyl or cyclic N) is 1. The largest absolute Gasteiger partial charge is 0.467 e. The Morgan fingerprint density at radius 3 is 2.83 bits per heavy atom. The highest BCUT2D eigenvalue weighted by atomic mass is 16.5. The molecule has 2 atom stereocenters. The van der Waals surface area contributed by atoms with Crippen LogP contribution >= 0.6 is 0 Å². The van der Waals surface area contributed by atoms with E-state index in [4.69, 9.17) is 0 Å². The van der Waals surface area contributed by atoms with E-state index in [9.17, 15) is 14.7 Å². The molecule has 0 aromatic carbocycles. The molecule has 2 heterocycles. The van der Waals surface area contributed by atoms with E-state index < -0.39 is 18.1 Å². The molecule has 1 aliphatic heterocycles. The third-order valence-electron chi connectivity index (χ3n) is 2.96. The van der Waals surface area contributed by atoms with Gasteiger partial charge in [0.1, 0.15) is 6.04 Å².